The number of halogens is 1. The molecule has 1 aromatic rings. The number of hydrogen-bond acceptors (Lipinski definition) is 5. The van der Waals surface area contributed by atoms with Gasteiger partial charge in [-0.3, -0.25) is 9.59 Å². The van der Waals surface area contributed by atoms with Crippen LogP contribution in [0.25, 0.3) is 0 Å². The van der Waals surface area contributed by atoms with Crippen LogP contribution in [0.5, 0.6) is 0 Å². The Morgan fingerprint density at radius 2 is 2.21 bits per heavy atom. The van der Waals surface area contributed by atoms with Crippen molar-refractivity contribution in [3.63, 3.8) is 0 Å². The molecule has 2 rings (SSSR count). The van der Waals surface area contributed by atoms with E-state index in [0.717, 1.165) is 5.56 Å². The predicted molar refractivity (Wildman–Crippen MR) is 93.9 cm³/mol. The van der Waals surface area contributed by atoms with E-state index in [9.17, 15) is 9.59 Å². The summed E-state index contributed by atoms with van der Waals surface area (Å²) in [5.41, 5.74) is 6.09. The van der Waals surface area contributed by atoms with Gasteiger partial charge in [-0.25, -0.2) is 0 Å². The number of ether oxygens (including phenoxy) is 2. The first-order chi connectivity index (χ1) is 11.6. The minimum atomic E-state index is -0.526. The second kappa shape index (κ2) is 9.88. The fourth-order valence-electron chi connectivity index (χ4n) is 2.36. The molecule has 2 unspecified atom stereocenters. The van der Waals surface area contributed by atoms with E-state index in [0.29, 0.717) is 36.2 Å². The number of carbonyl (C=O) groups excluding carboxylic acids is 2. The zero-order valence-electron chi connectivity index (χ0n) is 13.2. The van der Waals surface area contributed by atoms with Crippen molar-refractivity contribution in [1.82, 2.24) is 5.32 Å². The standard InChI is InChI=1S/C16H21ClN2O4S/c17-12-4-2-1-3-11(12)9-24-10-16(21)19-13-7-22-6-5-14(13)23-8-15(18)20/h1-4,13-14H,5-10H2,(H2,18,20)(H,19,21). The van der Waals surface area contributed by atoms with Gasteiger partial charge in [-0.15, -0.1) is 11.8 Å². The van der Waals surface area contributed by atoms with E-state index < -0.39 is 5.91 Å². The second-order valence-corrected chi connectivity index (χ2v) is 6.83. The summed E-state index contributed by atoms with van der Waals surface area (Å²) in [6.07, 6.45) is 0.356. The number of amides is 2. The zero-order valence-corrected chi connectivity index (χ0v) is 14.8. The maximum atomic E-state index is 12.1. The molecule has 0 saturated carbocycles. The van der Waals surface area contributed by atoms with Crippen molar-refractivity contribution in [1.29, 1.82) is 0 Å². The van der Waals surface area contributed by atoms with Crippen LogP contribution in [0.1, 0.15) is 12.0 Å². The maximum absolute atomic E-state index is 12.1. The highest BCUT2D eigenvalue weighted by Crippen LogP contribution is 2.20. The van der Waals surface area contributed by atoms with Gasteiger partial charge < -0.3 is 20.5 Å². The van der Waals surface area contributed by atoms with Crippen LogP contribution >= 0.6 is 23.4 Å². The predicted octanol–water partition coefficient (Wildman–Crippen LogP) is 1.35. The summed E-state index contributed by atoms with van der Waals surface area (Å²) in [4.78, 5) is 22.9. The van der Waals surface area contributed by atoms with Gasteiger partial charge in [-0.05, 0) is 18.1 Å². The van der Waals surface area contributed by atoms with Crippen LogP contribution in [0, 0.1) is 0 Å². The normalized spacial score (nSPS) is 20.5. The van der Waals surface area contributed by atoms with Crippen molar-refractivity contribution in [2.75, 3.05) is 25.6 Å². The van der Waals surface area contributed by atoms with Gasteiger partial charge in [0.2, 0.25) is 11.8 Å². The highest BCUT2D eigenvalue weighted by Gasteiger charge is 2.28. The quantitative estimate of drug-likeness (QED) is 0.718. The average Bonchev–Trinajstić information content (AvgIpc) is 2.56. The Hall–Kier alpha value is -1.28. The number of thioether (sulfide) groups is 1. The summed E-state index contributed by atoms with van der Waals surface area (Å²) in [7, 11) is 0. The van der Waals surface area contributed by atoms with E-state index in [2.05, 4.69) is 5.32 Å². The Bertz CT molecular complexity index is 573. The average molecular weight is 373 g/mol. The molecule has 3 N–H and O–H groups in total. The smallest absolute Gasteiger partial charge is 0.243 e. The molecule has 8 heteroatoms. The van der Waals surface area contributed by atoms with Crippen molar-refractivity contribution < 1.29 is 19.1 Å². The summed E-state index contributed by atoms with van der Waals surface area (Å²) in [5.74, 6) is 0.345. The third kappa shape index (κ3) is 6.32. The van der Waals surface area contributed by atoms with Crippen LogP contribution in [0.3, 0.4) is 0 Å². The first kappa shape index (κ1) is 19.1. The molecule has 1 aliphatic heterocycles. The molecule has 0 aromatic heterocycles. The largest absolute Gasteiger partial charge is 0.379 e. The van der Waals surface area contributed by atoms with E-state index in [4.69, 9.17) is 26.8 Å². The molecule has 0 bridgehead atoms. The van der Waals surface area contributed by atoms with Crippen molar-refractivity contribution in [3.05, 3.63) is 34.9 Å². The van der Waals surface area contributed by atoms with Gasteiger partial charge >= 0.3 is 0 Å². The summed E-state index contributed by atoms with van der Waals surface area (Å²) in [6.45, 7) is 0.750. The minimum absolute atomic E-state index is 0.102. The van der Waals surface area contributed by atoms with Crippen molar-refractivity contribution in [3.8, 4) is 0 Å². The number of primary amides is 1. The lowest BCUT2D eigenvalue weighted by Gasteiger charge is -2.31. The molecule has 1 aliphatic rings. The monoisotopic (exact) mass is 372 g/mol. The molecule has 1 aromatic carbocycles. The van der Waals surface area contributed by atoms with E-state index >= 15 is 0 Å². The lowest BCUT2D eigenvalue weighted by atomic mass is 10.1. The Morgan fingerprint density at radius 3 is 2.96 bits per heavy atom. The van der Waals surface area contributed by atoms with Crippen LogP contribution in [0.15, 0.2) is 24.3 Å². The molecule has 0 radical (unpaired) electrons. The maximum Gasteiger partial charge on any atom is 0.243 e. The van der Waals surface area contributed by atoms with Crippen molar-refractivity contribution in [2.24, 2.45) is 5.73 Å². The number of nitrogens with one attached hydrogen (secondary N) is 1. The fraction of sp³-hybridized carbons (Fsp3) is 0.500. The van der Waals surface area contributed by atoms with Gasteiger partial charge in [0.1, 0.15) is 6.61 Å². The second-order valence-electron chi connectivity index (χ2n) is 5.44. The van der Waals surface area contributed by atoms with E-state index in [1.54, 1.807) is 0 Å². The molecule has 24 heavy (non-hydrogen) atoms. The van der Waals surface area contributed by atoms with Gasteiger partial charge in [0.15, 0.2) is 0 Å². The van der Waals surface area contributed by atoms with Gasteiger partial charge in [-0.1, -0.05) is 29.8 Å². The molecule has 0 spiro atoms. The lowest BCUT2D eigenvalue weighted by Crippen LogP contribution is -2.51. The Kier molecular flexibility index (Phi) is 7.84. The Morgan fingerprint density at radius 1 is 1.42 bits per heavy atom. The van der Waals surface area contributed by atoms with E-state index in [1.165, 1.54) is 11.8 Å². The zero-order chi connectivity index (χ0) is 17.4. The van der Waals surface area contributed by atoms with Crippen LogP contribution in [0.4, 0.5) is 0 Å². The molecule has 0 aliphatic carbocycles. The molecule has 132 valence electrons. The Balaban J connectivity index is 1.75. The summed E-state index contributed by atoms with van der Waals surface area (Å²) >= 11 is 7.57. The van der Waals surface area contributed by atoms with E-state index in [-0.39, 0.29) is 24.7 Å². The molecular weight excluding hydrogens is 352 g/mol. The molecule has 1 fully saturated rings. The van der Waals surface area contributed by atoms with Gasteiger partial charge in [0, 0.05) is 17.4 Å². The first-order valence-electron chi connectivity index (χ1n) is 7.64. The highest BCUT2D eigenvalue weighted by molar-refractivity contribution is 7.99. The first-order valence-corrected chi connectivity index (χ1v) is 9.17. The SMILES string of the molecule is NC(=O)COC1CCOCC1NC(=O)CSCc1ccccc1Cl. The summed E-state index contributed by atoms with van der Waals surface area (Å²) < 4.78 is 10.8. The van der Waals surface area contributed by atoms with Gasteiger partial charge in [-0.2, -0.15) is 0 Å². The summed E-state index contributed by atoms with van der Waals surface area (Å²) in [6, 6.07) is 7.29. The molecule has 6 nitrogen and oxygen atoms in total. The number of nitrogens with two attached hydrogens (primary N) is 1. The number of benzene rings is 1. The summed E-state index contributed by atoms with van der Waals surface area (Å²) in [5, 5.41) is 3.60. The topological polar surface area (TPSA) is 90.7 Å². The lowest BCUT2D eigenvalue weighted by molar-refractivity contribution is -0.130. The van der Waals surface area contributed by atoms with Crippen LogP contribution in [-0.4, -0.2) is 49.5 Å². The molecule has 1 saturated heterocycles. The third-order valence-electron chi connectivity index (χ3n) is 3.53. The third-order valence-corrected chi connectivity index (χ3v) is 4.88. The van der Waals surface area contributed by atoms with Crippen LogP contribution < -0.4 is 11.1 Å². The molecule has 1 heterocycles. The van der Waals surface area contributed by atoms with Crippen LogP contribution in [0.2, 0.25) is 5.02 Å². The Labute approximate surface area is 150 Å². The van der Waals surface area contributed by atoms with Crippen molar-refractivity contribution >= 4 is 35.2 Å². The highest BCUT2D eigenvalue weighted by atomic mass is 35.5. The molecule has 2 amide bonds. The van der Waals surface area contributed by atoms with Crippen molar-refractivity contribution in [2.45, 2.75) is 24.3 Å². The molecular formula is C16H21ClN2O4S. The minimum Gasteiger partial charge on any atom is -0.379 e. The number of hydrogen-bond donors (Lipinski definition) is 2. The number of rotatable bonds is 8. The fourth-order valence-corrected chi connectivity index (χ4v) is 3.48. The van der Waals surface area contributed by atoms with Gasteiger partial charge in [0.25, 0.3) is 0 Å². The molecule has 2 atom stereocenters. The number of carbonyl (C=O) groups is 2. The van der Waals surface area contributed by atoms with Gasteiger partial charge in [0.05, 0.1) is 24.5 Å². The van der Waals surface area contributed by atoms with E-state index in [1.807, 2.05) is 24.3 Å². The van der Waals surface area contributed by atoms with Crippen LogP contribution in [-0.2, 0) is 24.8 Å².